The van der Waals surface area contributed by atoms with Crippen LogP contribution >= 0.6 is 0 Å². The van der Waals surface area contributed by atoms with Gasteiger partial charge in [0.1, 0.15) is 0 Å². The van der Waals surface area contributed by atoms with Crippen LogP contribution < -0.4 is 0 Å². The average Bonchev–Trinajstić information content (AvgIpc) is 2.40. The van der Waals surface area contributed by atoms with Crippen LogP contribution in [-0.2, 0) is 10.3 Å². The SMILES string of the molecule is CCOC(=O)N1CCC(O)(c2ccc(C)cc2)CC1. The molecule has 0 atom stereocenters. The molecule has 0 spiro atoms. The number of aliphatic hydroxyl groups is 1. The van der Waals surface area contributed by atoms with Gasteiger partial charge in [-0.2, -0.15) is 0 Å². The average molecular weight is 263 g/mol. The third-order valence-electron chi connectivity index (χ3n) is 3.71. The van der Waals surface area contributed by atoms with Crippen LogP contribution in [0.3, 0.4) is 0 Å². The fourth-order valence-electron chi connectivity index (χ4n) is 2.43. The van der Waals surface area contributed by atoms with Gasteiger partial charge < -0.3 is 14.7 Å². The van der Waals surface area contributed by atoms with Gasteiger partial charge in [0, 0.05) is 13.1 Å². The first-order valence-electron chi connectivity index (χ1n) is 6.76. The van der Waals surface area contributed by atoms with Crippen molar-refractivity contribution in [3.8, 4) is 0 Å². The minimum atomic E-state index is -0.823. The van der Waals surface area contributed by atoms with Gasteiger partial charge in [-0.05, 0) is 32.3 Å². The summed E-state index contributed by atoms with van der Waals surface area (Å²) < 4.78 is 4.98. The summed E-state index contributed by atoms with van der Waals surface area (Å²) in [7, 11) is 0. The number of rotatable bonds is 2. The van der Waals surface area contributed by atoms with Gasteiger partial charge in [-0.25, -0.2) is 4.79 Å². The molecular formula is C15H21NO3. The Balaban J connectivity index is 2.01. The molecular weight excluding hydrogens is 242 g/mol. The highest BCUT2D eigenvalue weighted by Gasteiger charge is 2.35. The van der Waals surface area contributed by atoms with Gasteiger partial charge in [-0.3, -0.25) is 0 Å². The zero-order chi connectivity index (χ0) is 13.9. The molecule has 2 rings (SSSR count). The molecule has 1 heterocycles. The fraction of sp³-hybridized carbons (Fsp3) is 0.533. The number of hydrogen-bond acceptors (Lipinski definition) is 3. The Morgan fingerprint density at radius 2 is 1.89 bits per heavy atom. The molecule has 4 heteroatoms. The number of carbonyl (C=O) groups excluding carboxylic acids is 1. The molecule has 19 heavy (non-hydrogen) atoms. The van der Waals surface area contributed by atoms with E-state index in [1.807, 2.05) is 31.2 Å². The number of ether oxygens (including phenoxy) is 1. The van der Waals surface area contributed by atoms with E-state index in [1.165, 1.54) is 5.56 Å². The van der Waals surface area contributed by atoms with Crippen LogP contribution in [-0.4, -0.2) is 35.8 Å². The van der Waals surface area contributed by atoms with E-state index in [0.717, 1.165) is 5.56 Å². The van der Waals surface area contributed by atoms with Crippen molar-refractivity contribution in [1.82, 2.24) is 4.90 Å². The van der Waals surface area contributed by atoms with Gasteiger partial charge in [0.2, 0.25) is 0 Å². The number of carbonyl (C=O) groups is 1. The lowest BCUT2D eigenvalue weighted by Gasteiger charge is -2.38. The zero-order valence-electron chi connectivity index (χ0n) is 11.6. The number of aryl methyl sites for hydroxylation is 1. The maximum absolute atomic E-state index is 11.6. The predicted molar refractivity (Wildman–Crippen MR) is 72.9 cm³/mol. The van der Waals surface area contributed by atoms with Crippen LogP contribution in [0, 0.1) is 6.92 Å². The van der Waals surface area contributed by atoms with Gasteiger partial charge >= 0.3 is 6.09 Å². The molecule has 104 valence electrons. The molecule has 0 saturated carbocycles. The maximum Gasteiger partial charge on any atom is 0.409 e. The zero-order valence-corrected chi connectivity index (χ0v) is 11.6. The lowest BCUT2D eigenvalue weighted by atomic mass is 9.84. The molecule has 0 bridgehead atoms. The van der Waals surface area contributed by atoms with Crippen LogP contribution in [0.5, 0.6) is 0 Å². The summed E-state index contributed by atoms with van der Waals surface area (Å²) in [5.41, 5.74) is 1.29. The summed E-state index contributed by atoms with van der Waals surface area (Å²) in [6.45, 7) is 5.27. The molecule has 0 aromatic heterocycles. The van der Waals surface area contributed by atoms with E-state index in [1.54, 1.807) is 11.8 Å². The summed E-state index contributed by atoms with van der Waals surface area (Å²) >= 11 is 0. The second-order valence-electron chi connectivity index (χ2n) is 5.08. The smallest absolute Gasteiger partial charge is 0.409 e. The number of amides is 1. The van der Waals surface area contributed by atoms with E-state index in [0.29, 0.717) is 32.5 Å². The first-order valence-corrected chi connectivity index (χ1v) is 6.76. The quantitative estimate of drug-likeness (QED) is 0.891. The van der Waals surface area contributed by atoms with Crippen molar-refractivity contribution in [2.45, 2.75) is 32.3 Å². The summed E-state index contributed by atoms with van der Waals surface area (Å²) in [4.78, 5) is 13.3. The van der Waals surface area contributed by atoms with E-state index in [-0.39, 0.29) is 6.09 Å². The van der Waals surface area contributed by atoms with E-state index in [2.05, 4.69) is 0 Å². The molecule has 1 aromatic rings. The van der Waals surface area contributed by atoms with Crippen molar-refractivity contribution in [2.75, 3.05) is 19.7 Å². The summed E-state index contributed by atoms with van der Waals surface area (Å²) in [5.74, 6) is 0. The number of hydrogen-bond donors (Lipinski definition) is 1. The van der Waals surface area contributed by atoms with Crippen LogP contribution in [0.4, 0.5) is 4.79 Å². The Morgan fingerprint density at radius 1 is 1.32 bits per heavy atom. The van der Waals surface area contributed by atoms with Crippen LogP contribution in [0.15, 0.2) is 24.3 Å². The van der Waals surface area contributed by atoms with Crippen LogP contribution in [0.2, 0.25) is 0 Å². The van der Waals surface area contributed by atoms with Crippen molar-refractivity contribution in [2.24, 2.45) is 0 Å². The Morgan fingerprint density at radius 3 is 2.42 bits per heavy atom. The Labute approximate surface area is 114 Å². The molecule has 1 saturated heterocycles. The number of nitrogens with zero attached hydrogens (tertiary/aromatic N) is 1. The van der Waals surface area contributed by atoms with Crippen molar-refractivity contribution >= 4 is 6.09 Å². The maximum atomic E-state index is 11.6. The molecule has 0 radical (unpaired) electrons. The first kappa shape index (κ1) is 13.9. The van der Waals surface area contributed by atoms with Crippen molar-refractivity contribution in [3.63, 3.8) is 0 Å². The molecule has 0 aliphatic carbocycles. The minimum Gasteiger partial charge on any atom is -0.450 e. The van der Waals surface area contributed by atoms with Crippen LogP contribution in [0.25, 0.3) is 0 Å². The number of likely N-dealkylation sites (tertiary alicyclic amines) is 1. The van der Waals surface area contributed by atoms with E-state index in [4.69, 9.17) is 4.74 Å². The van der Waals surface area contributed by atoms with Crippen molar-refractivity contribution in [1.29, 1.82) is 0 Å². The first-order chi connectivity index (χ1) is 9.05. The number of piperidine rings is 1. The Bertz CT molecular complexity index is 433. The molecule has 1 amide bonds. The van der Waals surface area contributed by atoms with E-state index < -0.39 is 5.60 Å². The molecule has 1 aromatic carbocycles. The molecule has 0 unspecified atom stereocenters. The highest BCUT2D eigenvalue weighted by atomic mass is 16.6. The second-order valence-corrected chi connectivity index (χ2v) is 5.08. The topological polar surface area (TPSA) is 49.8 Å². The lowest BCUT2D eigenvalue weighted by molar-refractivity contribution is -0.0244. The van der Waals surface area contributed by atoms with Gasteiger partial charge in [0.25, 0.3) is 0 Å². The van der Waals surface area contributed by atoms with E-state index in [9.17, 15) is 9.90 Å². The Hall–Kier alpha value is -1.55. The largest absolute Gasteiger partial charge is 0.450 e. The summed E-state index contributed by atoms with van der Waals surface area (Å²) in [6.07, 6.45) is 0.817. The highest BCUT2D eigenvalue weighted by molar-refractivity contribution is 5.67. The molecule has 1 fully saturated rings. The summed E-state index contributed by atoms with van der Waals surface area (Å²) in [5, 5.41) is 10.7. The van der Waals surface area contributed by atoms with Gasteiger partial charge in [-0.1, -0.05) is 29.8 Å². The monoisotopic (exact) mass is 263 g/mol. The third kappa shape index (κ3) is 3.07. The number of benzene rings is 1. The second kappa shape index (κ2) is 5.61. The fourth-order valence-corrected chi connectivity index (χ4v) is 2.43. The minimum absolute atomic E-state index is 0.284. The molecule has 4 nitrogen and oxygen atoms in total. The lowest BCUT2D eigenvalue weighted by Crippen LogP contribution is -2.45. The van der Waals surface area contributed by atoms with E-state index >= 15 is 0 Å². The van der Waals surface area contributed by atoms with Crippen LogP contribution in [0.1, 0.15) is 30.9 Å². The Kier molecular flexibility index (Phi) is 4.10. The molecule has 1 aliphatic rings. The summed E-state index contributed by atoms with van der Waals surface area (Å²) in [6, 6.07) is 7.95. The molecule has 1 N–H and O–H groups in total. The van der Waals surface area contributed by atoms with Crippen molar-refractivity contribution < 1.29 is 14.6 Å². The van der Waals surface area contributed by atoms with Gasteiger partial charge in [0.15, 0.2) is 0 Å². The molecule has 1 aliphatic heterocycles. The standard InChI is InChI=1S/C15H21NO3/c1-3-19-14(17)16-10-8-15(18,9-11-16)13-6-4-12(2)5-7-13/h4-7,18H,3,8-11H2,1-2H3. The van der Waals surface area contributed by atoms with Gasteiger partial charge in [-0.15, -0.1) is 0 Å². The highest BCUT2D eigenvalue weighted by Crippen LogP contribution is 2.33. The third-order valence-corrected chi connectivity index (χ3v) is 3.71. The predicted octanol–water partition coefficient (Wildman–Crippen LogP) is 2.43. The normalized spacial score (nSPS) is 18.2. The van der Waals surface area contributed by atoms with Gasteiger partial charge in [0.05, 0.1) is 12.2 Å². The van der Waals surface area contributed by atoms with Crippen molar-refractivity contribution in [3.05, 3.63) is 35.4 Å².